The van der Waals surface area contributed by atoms with Gasteiger partial charge in [-0.25, -0.2) is 9.67 Å². The van der Waals surface area contributed by atoms with E-state index in [0.717, 1.165) is 18.8 Å². The standard InChI is InChI=1S/C22H25N5O2/c1-15(2)14-27-22(29)18-8-4-3-7-17(18)20(25-27)21(28)24-19-10-9-16(13-23-19)26-11-5-6-12-26/h3-4,7-10,13,15H,5-6,11-12,14H2,1-2H3,(H,23,24,28). The van der Waals surface area contributed by atoms with Crippen LogP contribution in [0.3, 0.4) is 0 Å². The van der Waals surface area contributed by atoms with Crippen molar-refractivity contribution >= 4 is 28.2 Å². The Morgan fingerprint density at radius 3 is 2.48 bits per heavy atom. The van der Waals surface area contributed by atoms with E-state index in [1.165, 1.54) is 17.5 Å². The van der Waals surface area contributed by atoms with Crippen LogP contribution >= 0.6 is 0 Å². The van der Waals surface area contributed by atoms with E-state index in [2.05, 4.69) is 20.3 Å². The number of nitrogens with one attached hydrogen (secondary N) is 1. The van der Waals surface area contributed by atoms with E-state index in [-0.39, 0.29) is 23.1 Å². The summed E-state index contributed by atoms with van der Waals surface area (Å²) in [5.74, 6) is 0.322. The second-order valence-corrected chi connectivity index (χ2v) is 7.83. The van der Waals surface area contributed by atoms with Gasteiger partial charge < -0.3 is 10.2 Å². The molecule has 1 saturated heterocycles. The molecule has 0 saturated carbocycles. The minimum absolute atomic E-state index is 0.182. The van der Waals surface area contributed by atoms with E-state index in [1.54, 1.807) is 36.5 Å². The minimum Gasteiger partial charge on any atom is -0.370 e. The van der Waals surface area contributed by atoms with Crippen LogP contribution in [0.2, 0.25) is 0 Å². The third-order valence-corrected chi connectivity index (χ3v) is 5.08. The van der Waals surface area contributed by atoms with E-state index in [0.29, 0.717) is 23.1 Å². The van der Waals surface area contributed by atoms with Crippen molar-refractivity contribution in [1.29, 1.82) is 0 Å². The molecule has 0 radical (unpaired) electrons. The van der Waals surface area contributed by atoms with Gasteiger partial charge in [-0.15, -0.1) is 0 Å². The number of carbonyl (C=O) groups excluding carboxylic acids is 1. The van der Waals surface area contributed by atoms with Gasteiger partial charge in [-0.2, -0.15) is 5.10 Å². The van der Waals surface area contributed by atoms with Crippen LogP contribution in [0.25, 0.3) is 10.8 Å². The molecule has 3 heterocycles. The predicted molar refractivity (Wildman–Crippen MR) is 114 cm³/mol. The second kappa shape index (κ2) is 8.03. The van der Waals surface area contributed by atoms with Crippen molar-refractivity contribution in [3.05, 3.63) is 58.6 Å². The molecule has 150 valence electrons. The molecule has 0 unspecified atom stereocenters. The minimum atomic E-state index is -0.375. The number of aromatic nitrogens is 3. The van der Waals surface area contributed by atoms with Gasteiger partial charge in [-0.3, -0.25) is 9.59 Å². The topological polar surface area (TPSA) is 80.1 Å². The molecule has 0 spiro atoms. The summed E-state index contributed by atoms with van der Waals surface area (Å²) in [6, 6.07) is 10.9. The van der Waals surface area contributed by atoms with Crippen molar-refractivity contribution in [1.82, 2.24) is 14.8 Å². The van der Waals surface area contributed by atoms with Gasteiger partial charge in [0.1, 0.15) is 5.82 Å². The number of anilines is 2. The van der Waals surface area contributed by atoms with Gasteiger partial charge >= 0.3 is 0 Å². The van der Waals surface area contributed by atoms with Crippen LogP contribution in [0.5, 0.6) is 0 Å². The van der Waals surface area contributed by atoms with Gasteiger partial charge in [0.2, 0.25) is 0 Å². The highest BCUT2D eigenvalue weighted by Gasteiger charge is 2.18. The molecule has 2 aromatic heterocycles. The quantitative estimate of drug-likeness (QED) is 0.722. The highest BCUT2D eigenvalue weighted by Crippen LogP contribution is 2.21. The first-order valence-corrected chi connectivity index (χ1v) is 10.0. The molecule has 1 aliphatic heterocycles. The molecule has 1 amide bonds. The average Bonchev–Trinajstić information content (AvgIpc) is 3.25. The molecule has 29 heavy (non-hydrogen) atoms. The van der Waals surface area contributed by atoms with Crippen LogP contribution in [0, 0.1) is 5.92 Å². The molecule has 1 N–H and O–H groups in total. The lowest BCUT2D eigenvalue weighted by molar-refractivity contribution is 0.102. The summed E-state index contributed by atoms with van der Waals surface area (Å²) in [4.78, 5) is 32.4. The van der Waals surface area contributed by atoms with Gasteiger partial charge in [0.25, 0.3) is 11.5 Å². The summed E-state index contributed by atoms with van der Waals surface area (Å²) in [7, 11) is 0. The molecule has 3 aromatic rings. The number of nitrogens with zero attached hydrogens (tertiary/aromatic N) is 4. The Morgan fingerprint density at radius 1 is 1.10 bits per heavy atom. The number of pyridine rings is 1. The first-order chi connectivity index (χ1) is 14.0. The number of benzene rings is 1. The van der Waals surface area contributed by atoms with Crippen molar-refractivity contribution in [3.63, 3.8) is 0 Å². The van der Waals surface area contributed by atoms with Crippen LogP contribution in [0.15, 0.2) is 47.4 Å². The molecule has 0 bridgehead atoms. The normalized spacial score (nSPS) is 14.0. The van der Waals surface area contributed by atoms with E-state index in [4.69, 9.17) is 0 Å². The monoisotopic (exact) mass is 391 g/mol. The molecular formula is C22H25N5O2. The van der Waals surface area contributed by atoms with Crippen LogP contribution < -0.4 is 15.8 Å². The number of hydrogen-bond donors (Lipinski definition) is 1. The molecule has 0 aliphatic carbocycles. The van der Waals surface area contributed by atoms with Gasteiger partial charge in [-0.1, -0.05) is 32.0 Å². The molecule has 0 atom stereocenters. The lowest BCUT2D eigenvalue weighted by Crippen LogP contribution is -2.29. The van der Waals surface area contributed by atoms with E-state index < -0.39 is 0 Å². The summed E-state index contributed by atoms with van der Waals surface area (Å²) < 4.78 is 1.38. The third-order valence-electron chi connectivity index (χ3n) is 5.08. The van der Waals surface area contributed by atoms with Crippen LogP contribution in [-0.4, -0.2) is 33.8 Å². The maximum Gasteiger partial charge on any atom is 0.277 e. The zero-order valence-corrected chi connectivity index (χ0v) is 16.8. The molecule has 1 aromatic carbocycles. The van der Waals surface area contributed by atoms with Crippen molar-refractivity contribution < 1.29 is 4.79 Å². The maximum atomic E-state index is 13.0. The molecule has 1 aliphatic rings. The van der Waals surface area contributed by atoms with Gasteiger partial charge in [0.15, 0.2) is 5.69 Å². The third kappa shape index (κ3) is 3.99. The Balaban J connectivity index is 1.64. The lowest BCUT2D eigenvalue weighted by atomic mass is 10.1. The Hall–Kier alpha value is -3.22. The summed E-state index contributed by atoms with van der Waals surface area (Å²) in [5, 5.41) is 8.23. The highest BCUT2D eigenvalue weighted by atomic mass is 16.2. The predicted octanol–water partition coefficient (Wildman–Crippen LogP) is 3.30. The first kappa shape index (κ1) is 19.1. The Kier molecular flexibility index (Phi) is 5.29. The smallest absolute Gasteiger partial charge is 0.277 e. The highest BCUT2D eigenvalue weighted by molar-refractivity contribution is 6.10. The second-order valence-electron chi connectivity index (χ2n) is 7.83. The SMILES string of the molecule is CC(C)Cn1nc(C(=O)Nc2ccc(N3CCCC3)cn2)c2ccccc2c1=O. The number of fused-ring (bicyclic) bond motifs is 1. The fourth-order valence-corrected chi connectivity index (χ4v) is 3.67. The Labute approximate surface area is 169 Å². The van der Waals surface area contributed by atoms with Crippen molar-refractivity contribution in [2.75, 3.05) is 23.3 Å². The molecule has 7 nitrogen and oxygen atoms in total. The summed E-state index contributed by atoms with van der Waals surface area (Å²) in [5.41, 5.74) is 1.11. The van der Waals surface area contributed by atoms with Gasteiger partial charge in [0, 0.05) is 25.0 Å². The van der Waals surface area contributed by atoms with Gasteiger partial charge in [-0.05, 0) is 37.0 Å². The summed E-state index contributed by atoms with van der Waals surface area (Å²) in [6.45, 7) is 6.55. The zero-order valence-electron chi connectivity index (χ0n) is 16.8. The zero-order chi connectivity index (χ0) is 20.4. The molecule has 1 fully saturated rings. The number of rotatable bonds is 5. The van der Waals surface area contributed by atoms with Crippen molar-refractivity contribution in [2.24, 2.45) is 5.92 Å². The molecular weight excluding hydrogens is 366 g/mol. The fraction of sp³-hybridized carbons (Fsp3) is 0.364. The Bertz CT molecular complexity index is 1080. The van der Waals surface area contributed by atoms with E-state index in [9.17, 15) is 9.59 Å². The summed E-state index contributed by atoms with van der Waals surface area (Å²) in [6.07, 6.45) is 4.18. The van der Waals surface area contributed by atoms with Crippen molar-refractivity contribution in [2.45, 2.75) is 33.2 Å². The first-order valence-electron chi connectivity index (χ1n) is 10.0. The molecule has 7 heteroatoms. The number of amides is 1. The lowest BCUT2D eigenvalue weighted by Gasteiger charge is -2.17. The van der Waals surface area contributed by atoms with Gasteiger partial charge in [0.05, 0.1) is 17.3 Å². The van der Waals surface area contributed by atoms with E-state index in [1.807, 2.05) is 19.9 Å². The van der Waals surface area contributed by atoms with Crippen molar-refractivity contribution in [3.8, 4) is 0 Å². The van der Waals surface area contributed by atoms with Crippen LogP contribution in [0.4, 0.5) is 11.5 Å². The van der Waals surface area contributed by atoms with Crippen LogP contribution in [0.1, 0.15) is 37.2 Å². The Morgan fingerprint density at radius 2 is 1.83 bits per heavy atom. The van der Waals surface area contributed by atoms with Crippen LogP contribution in [-0.2, 0) is 6.54 Å². The van der Waals surface area contributed by atoms with E-state index >= 15 is 0 Å². The fourth-order valence-electron chi connectivity index (χ4n) is 3.67. The maximum absolute atomic E-state index is 13.0. The molecule has 4 rings (SSSR count). The number of carbonyl (C=O) groups is 1. The average molecular weight is 391 g/mol. The number of hydrogen-bond acceptors (Lipinski definition) is 5. The summed E-state index contributed by atoms with van der Waals surface area (Å²) >= 11 is 0. The largest absolute Gasteiger partial charge is 0.370 e.